The van der Waals surface area contributed by atoms with Gasteiger partial charge in [0.1, 0.15) is 5.82 Å². The van der Waals surface area contributed by atoms with Crippen molar-refractivity contribution in [2.75, 3.05) is 24.5 Å². The van der Waals surface area contributed by atoms with Crippen molar-refractivity contribution in [3.05, 3.63) is 22.8 Å². The Labute approximate surface area is 96.8 Å². The van der Waals surface area contributed by atoms with E-state index >= 15 is 0 Å². The second kappa shape index (κ2) is 4.61. The molecule has 1 saturated heterocycles. The summed E-state index contributed by atoms with van der Waals surface area (Å²) in [5.41, 5.74) is 0. The molecule has 1 N–H and O–H groups in total. The summed E-state index contributed by atoms with van der Waals surface area (Å²) in [5.74, 6) is 1.03. The summed E-state index contributed by atoms with van der Waals surface area (Å²) in [5, 5.41) is 2.84. The Morgan fingerprint density at radius 3 is 3.13 bits per heavy atom. The molecule has 0 aliphatic carbocycles. The number of rotatable bonds is 1. The number of carbonyl (C=O) groups excluding carboxylic acids is 1. The maximum atomic E-state index is 11.2. The minimum Gasteiger partial charge on any atom is -0.354 e. The first-order chi connectivity index (χ1) is 7.27. The van der Waals surface area contributed by atoms with E-state index in [4.69, 9.17) is 0 Å². The van der Waals surface area contributed by atoms with E-state index in [2.05, 4.69) is 31.1 Å². The maximum absolute atomic E-state index is 11.2. The second-order valence-electron chi connectivity index (χ2n) is 3.40. The van der Waals surface area contributed by atoms with Gasteiger partial charge in [0.2, 0.25) is 5.91 Å². The van der Waals surface area contributed by atoms with Crippen LogP contribution in [-0.4, -0.2) is 30.5 Å². The predicted octanol–water partition coefficient (Wildman–Crippen LogP) is 1.17. The fourth-order valence-corrected chi connectivity index (χ4v) is 2.09. The maximum Gasteiger partial charge on any atom is 0.221 e. The van der Waals surface area contributed by atoms with Crippen LogP contribution in [0, 0.1) is 0 Å². The minimum atomic E-state index is 0.115. The number of hydrogen-bond acceptors (Lipinski definition) is 3. The Kier molecular flexibility index (Phi) is 3.20. The van der Waals surface area contributed by atoms with E-state index in [-0.39, 0.29) is 5.91 Å². The van der Waals surface area contributed by atoms with Gasteiger partial charge in [-0.05, 0) is 28.1 Å². The van der Waals surface area contributed by atoms with Crippen LogP contribution < -0.4 is 10.2 Å². The fraction of sp³-hybridized carbons (Fsp3) is 0.400. The van der Waals surface area contributed by atoms with Crippen molar-refractivity contribution in [3.8, 4) is 0 Å². The van der Waals surface area contributed by atoms with Gasteiger partial charge < -0.3 is 10.2 Å². The number of hydrogen-bond donors (Lipinski definition) is 1. The van der Waals surface area contributed by atoms with Crippen LogP contribution in [0.15, 0.2) is 22.8 Å². The van der Waals surface area contributed by atoms with Crippen LogP contribution in [0.3, 0.4) is 0 Å². The van der Waals surface area contributed by atoms with Gasteiger partial charge in [-0.15, -0.1) is 0 Å². The molecule has 80 valence electrons. The molecule has 0 radical (unpaired) electrons. The smallest absolute Gasteiger partial charge is 0.221 e. The van der Waals surface area contributed by atoms with Crippen LogP contribution in [0.25, 0.3) is 0 Å². The molecule has 1 aliphatic heterocycles. The number of amides is 1. The quantitative estimate of drug-likeness (QED) is 0.833. The minimum absolute atomic E-state index is 0.115. The molecule has 0 spiro atoms. The summed E-state index contributed by atoms with van der Waals surface area (Å²) in [6.07, 6.45) is 2.29. The van der Waals surface area contributed by atoms with Gasteiger partial charge in [-0.1, -0.05) is 0 Å². The monoisotopic (exact) mass is 269 g/mol. The van der Waals surface area contributed by atoms with E-state index in [0.717, 1.165) is 23.4 Å². The Morgan fingerprint density at radius 2 is 2.33 bits per heavy atom. The standard InChI is InChI=1S/C10H12BrN3O/c11-8-2-1-4-13-10(8)14-6-3-9(15)12-5-7-14/h1-2,4H,3,5-7H2,(H,12,15). The molecule has 5 heteroatoms. The molecule has 15 heavy (non-hydrogen) atoms. The lowest BCUT2D eigenvalue weighted by atomic mass is 10.3. The average molecular weight is 270 g/mol. The van der Waals surface area contributed by atoms with Crippen LogP contribution >= 0.6 is 15.9 Å². The molecule has 2 rings (SSSR count). The Morgan fingerprint density at radius 1 is 1.47 bits per heavy atom. The summed E-state index contributed by atoms with van der Waals surface area (Å²) < 4.78 is 0.972. The molecule has 1 aromatic rings. The number of aromatic nitrogens is 1. The third-order valence-corrected chi connectivity index (χ3v) is 2.97. The molecule has 1 aromatic heterocycles. The molecule has 0 saturated carbocycles. The number of anilines is 1. The summed E-state index contributed by atoms with van der Waals surface area (Å²) in [6, 6.07) is 3.84. The third kappa shape index (κ3) is 2.47. The fourth-order valence-electron chi connectivity index (χ4n) is 1.59. The van der Waals surface area contributed by atoms with Crippen LogP contribution in [0.5, 0.6) is 0 Å². The van der Waals surface area contributed by atoms with Gasteiger partial charge in [0.05, 0.1) is 4.47 Å². The lowest BCUT2D eigenvalue weighted by molar-refractivity contribution is -0.120. The molecular formula is C10H12BrN3O. The number of pyridine rings is 1. The van der Waals surface area contributed by atoms with Crippen molar-refractivity contribution in [1.82, 2.24) is 10.3 Å². The molecule has 1 fully saturated rings. The SMILES string of the molecule is O=C1CCN(c2ncccc2Br)CCN1. The molecule has 0 atom stereocenters. The molecule has 4 nitrogen and oxygen atoms in total. The van der Waals surface area contributed by atoms with Gasteiger partial charge in [0.25, 0.3) is 0 Å². The second-order valence-corrected chi connectivity index (χ2v) is 4.25. The topological polar surface area (TPSA) is 45.2 Å². The van der Waals surface area contributed by atoms with E-state index in [1.807, 2.05) is 12.1 Å². The lowest BCUT2D eigenvalue weighted by Crippen LogP contribution is -2.29. The van der Waals surface area contributed by atoms with E-state index < -0.39 is 0 Å². The van der Waals surface area contributed by atoms with Crippen LogP contribution in [-0.2, 0) is 4.79 Å². The van der Waals surface area contributed by atoms with Gasteiger partial charge in [-0.25, -0.2) is 4.98 Å². The number of nitrogens with one attached hydrogen (secondary N) is 1. The highest BCUT2D eigenvalue weighted by Crippen LogP contribution is 2.23. The number of carbonyl (C=O) groups is 1. The molecule has 1 amide bonds. The van der Waals surface area contributed by atoms with E-state index in [0.29, 0.717) is 13.0 Å². The van der Waals surface area contributed by atoms with Crippen LogP contribution in [0.4, 0.5) is 5.82 Å². The number of nitrogens with zero attached hydrogens (tertiary/aromatic N) is 2. The molecule has 0 unspecified atom stereocenters. The molecular weight excluding hydrogens is 258 g/mol. The van der Waals surface area contributed by atoms with Gasteiger partial charge >= 0.3 is 0 Å². The van der Waals surface area contributed by atoms with Crippen molar-refractivity contribution in [2.45, 2.75) is 6.42 Å². The zero-order chi connectivity index (χ0) is 10.7. The highest BCUT2D eigenvalue weighted by Gasteiger charge is 2.16. The van der Waals surface area contributed by atoms with E-state index in [1.54, 1.807) is 6.20 Å². The first-order valence-electron chi connectivity index (χ1n) is 4.89. The highest BCUT2D eigenvalue weighted by molar-refractivity contribution is 9.10. The van der Waals surface area contributed by atoms with Crippen molar-refractivity contribution < 1.29 is 4.79 Å². The molecule has 2 heterocycles. The van der Waals surface area contributed by atoms with Crippen LogP contribution in [0.2, 0.25) is 0 Å². The summed E-state index contributed by atoms with van der Waals surface area (Å²) in [4.78, 5) is 17.6. The van der Waals surface area contributed by atoms with Gasteiger partial charge in [0.15, 0.2) is 0 Å². The van der Waals surface area contributed by atoms with Crippen molar-refractivity contribution in [2.24, 2.45) is 0 Å². The summed E-state index contributed by atoms with van der Waals surface area (Å²) in [7, 11) is 0. The predicted molar refractivity (Wildman–Crippen MR) is 61.8 cm³/mol. The molecule has 1 aliphatic rings. The Hall–Kier alpha value is -1.10. The van der Waals surface area contributed by atoms with Crippen molar-refractivity contribution >= 4 is 27.7 Å². The summed E-state index contributed by atoms with van der Waals surface area (Å²) in [6.45, 7) is 2.21. The largest absolute Gasteiger partial charge is 0.354 e. The molecule has 0 bridgehead atoms. The zero-order valence-electron chi connectivity index (χ0n) is 8.24. The normalized spacial score (nSPS) is 17.1. The highest BCUT2D eigenvalue weighted by atomic mass is 79.9. The van der Waals surface area contributed by atoms with E-state index in [9.17, 15) is 4.79 Å². The average Bonchev–Trinajstić information content (AvgIpc) is 2.44. The lowest BCUT2D eigenvalue weighted by Gasteiger charge is -2.21. The number of halogens is 1. The van der Waals surface area contributed by atoms with Gasteiger partial charge in [-0.3, -0.25) is 4.79 Å². The Bertz CT molecular complexity index is 369. The van der Waals surface area contributed by atoms with Crippen molar-refractivity contribution in [1.29, 1.82) is 0 Å². The van der Waals surface area contributed by atoms with Crippen molar-refractivity contribution in [3.63, 3.8) is 0 Å². The molecule has 0 aromatic carbocycles. The zero-order valence-corrected chi connectivity index (χ0v) is 9.83. The third-order valence-electron chi connectivity index (χ3n) is 2.35. The first kappa shape index (κ1) is 10.4. The summed E-state index contributed by atoms with van der Waals surface area (Å²) >= 11 is 3.46. The van der Waals surface area contributed by atoms with Crippen LogP contribution in [0.1, 0.15) is 6.42 Å². The van der Waals surface area contributed by atoms with E-state index in [1.165, 1.54) is 0 Å². The van der Waals surface area contributed by atoms with Gasteiger partial charge in [-0.2, -0.15) is 0 Å². The first-order valence-corrected chi connectivity index (χ1v) is 5.69. The van der Waals surface area contributed by atoms with Gasteiger partial charge in [0, 0.05) is 32.3 Å². The Balaban J connectivity index is 2.16.